The van der Waals surface area contributed by atoms with E-state index in [0.29, 0.717) is 12.1 Å². The number of aryl methyl sites for hydroxylation is 1. The number of imidazole rings is 1. The van der Waals surface area contributed by atoms with Crippen molar-refractivity contribution in [2.24, 2.45) is 0 Å². The predicted octanol–water partition coefficient (Wildman–Crippen LogP) is 0.915. The molecular weight excluding hydrogens is 278 g/mol. The number of hydrogen-bond donors (Lipinski definition) is 2. The van der Waals surface area contributed by atoms with Gasteiger partial charge in [0.2, 0.25) is 0 Å². The van der Waals surface area contributed by atoms with E-state index in [0.717, 1.165) is 0 Å². The van der Waals surface area contributed by atoms with Crippen molar-refractivity contribution in [1.29, 1.82) is 0 Å². The molecule has 0 unspecified atom stereocenters. The number of hydrogen-bond acceptors (Lipinski definition) is 4. The Kier molecular flexibility index (Phi) is 4.53. The molecule has 1 aromatic heterocycles. The van der Waals surface area contributed by atoms with Crippen LogP contribution in [0.5, 0.6) is 0 Å². The molecule has 0 saturated heterocycles. The fraction of sp³-hybridized carbons (Fsp3) is 0.308. The molecule has 2 rings (SSSR count). The molecule has 0 amide bonds. The highest BCUT2D eigenvalue weighted by Gasteiger charge is 2.22. The predicted molar refractivity (Wildman–Crippen MR) is 74.5 cm³/mol. The molecule has 7 heteroatoms. The lowest BCUT2D eigenvalue weighted by Crippen LogP contribution is -2.31. The average Bonchev–Trinajstić information content (AvgIpc) is 2.95. The van der Waals surface area contributed by atoms with Gasteiger partial charge in [-0.2, -0.15) is 4.72 Å². The highest BCUT2D eigenvalue weighted by atomic mass is 32.2. The van der Waals surface area contributed by atoms with E-state index in [4.69, 9.17) is 0 Å². The van der Waals surface area contributed by atoms with Crippen LogP contribution in [0, 0.1) is 0 Å². The first-order valence-corrected chi connectivity index (χ1v) is 7.75. The Morgan fingerprint density at radius 2 is 2.05 bits per heavy atom. The zero-order valence-corrected chi connectivity index (χ0v) is 11.9. The molecule has 0 aliphatic rings. The minimum atomic E-state index is -3.75. The van der Waals surface area contributed by atoms with Crippen LogP contribution in [0.4, 0.5) is 0 Å². The monoisotopic (exact) mass is 295 g/mol. The van der Waals surface area contributed by atoms with Crippen molar-refractivity contribution >= 4 is 10.0 Å². The van der Waals surface area contributed by atoms with Crippen molar-refractivity contribution in [3.8, 4) is 0 Å². The summed E-state index contributed by atoms with van der Waals surface area (Å²) in [6, 6.07) is 8.24. The summed E-state index contributed by atoms with van der Waals surface area (Å²) >= 11 is 0. The lowest BCUT2D eigenvalue weighted by molar-refractivity contribution is 0.259. The summed E-state index contributed by atoms with van der Waals surface area (Å²) in [5.41, 5.74) is 0.702. The Morgan fingerprint density at radius 1 is 1.35 bits per heavy atom. The van der Waals surface area contributed by atoms with Crippen LogP contribution < -0.4 is 4.72 Å². The topological polar surface area (TPSA) is 84.2 Å². The highest BCUT2D eigenvalue weighted by Crippen LogP contribution is 2.15. The van der Waals surface area contributed by atoms with Crippen LogP contribution in [-0.2, 0) is 16.6 Å². The molecule has 1 atom stereocenters. The van der Waals surface area contributed by atoms with Gasteiger partial charge in [-0.05, 0) is 12.5 Å². The zero-order valence-electron chi connectivity index (χ0n) is 11.1. The van der Waals surface area contributed by atoms with Crippen LogP contribution in [0.25, 0.3) is 0 Å². The maximum atomic E-state index is 12.2. The SMILES string of the molecule is CCn1cnc(S(=O)(=O)N[C@@H](CO)c2ccccc2)c1. The fourth-order valence-corrected chi connectivity index (χ4v) is 2.96. The highest BCUT2D eigenvalue weighted by molar-refractivity contribution is 7.89. The number of aliphatic hydroxyl groups is 1. The molecule has 0 saturated carbocycles. The molecule has 1 aromatic carbocycles. The normalized spacial score (nSPS) is 13.3. The average molecular weight is 295 g/mol. The second-order valence-electron chi connectivity index (χ2n) is 4.31. The Labute approximate surface area is 118 Å². The maximum Gasteiger partial charge on any atom is 0.260 e. The minimum Gasteiger partial charge on any atom is -0.394 e. The number of nitrogens with zero attached hydrogens (tertiary/aromatic N) is 2. The third-order valence-corrected chi connectivity index (χ3v) is 4.29. The van der Waals surface area contributed by atoms with Crippen LogP contribution >= 0.6 is 0 Å². The molecule has 2 N–H and O–H groups in total. The van der Waals surface area contributed by atoms with Crippen molar-refractivity contribution in [3.05, 3.63) is 48.4 Å². The van der Waals surface area contributed by atoms with Gasteiger partial charge in [-0.15, -0.1) is 0 Å². The standard InChI is InChI=1S/C13H17N3O3S/c1-2-16-8-13(14-10-16)20(18,19)15-12(9-17)11-6-4-3-5-7-11/h3-8,10,12,15,17H,2,9H2,1H3/t12-/m0/s1. The summed E-state index contributed by atoms with van der Waals surface area (Å²) in [7, 11) is -3.75. The molecule has 1 heterocycles. The van der Waals surface area contributed by atoms with Gasteiger partial charge in [0.15, 0.2) is 5.03 Å². The van der Waals surface area contributed by atoms with E-state index in [1.165, 1.54) is 12.5 Å². The largest absolute Gasteiger partial charge is 0.394 e. The molecule has 0 radical (unpaired) electrons. The molecule has 0 aliphatic carbocycles. The Hall–Kier alpha value is -1.70. The first-order chi connectivity index (χ1) is 9.56. The molecular formula is C13H17N3O3S. The summed E-state index contributed by atoms with van der Waals surface area (Å²) in [5, 5.41) is 9.34. The number of nitrogens with one attached hydrogen (secondary N) is 1. The Morgan fingerprint density at radius 3 is 2.60 bits per heavy atom. The second kappa shape index (κ2) is 6.17. The van der Waals surface area contributed by atoms with Crippen molar-refractivity contribution < 1.29 is 13.5 Å². The molecule has 0 aliphatic heterocycles. The van der Waals surface area contributed by atoms with E-state index in [1.807, 2.05) is 13.0 Å². The number of aromatic nitrogens is 2. The molecule has 20 heavy (non-hydrogen) atoms. The number of aliphatic hydroxyl groups excluding tert-OH is 1. The Balaban J connectivity index is 2.22. The number of sulfonamides is 1. The van der Waals surface area contributed by atoms with Gasteiger partial charge < -0.3 is 9.67 Å². The van der Waals surface area contributed by atoms with Crippen LogP contribution in [0.2, 0.25) is 0 Å². The summed E-state index contributed by atoms with van der Waals surface area (Å²) in [6.07, 6.45) is 2.92. The maximum absolute atomic E-state index is 12.2. The smallest absolute Gasteiger partial charge is 0.260 e. The van der Waals surface area contributed by atoms with Gasteiger partial charge in [0, 0.05) is 12.7 Å². The third kappa shape index (κ3) is 3.24. The van der Waals surface area contributed by atoms with Gasteiger partial charge in [-0.1, -0.05) is 30.3 Å². The van der Waals surface area contributed by atoms with Crippen molar-refractivity contribution in [1.82, 2.24) is 14.3 Å². The van der Waals surface area contributed by atoms with Gasteiger partial charge >= 0.3 is 0 Å². The van der Waals surface area contributed by atoms with E-state index in [9.17, 15) is 13.5 Å². The van der Waals surface area contributed by atoms with E-state index < -0.39 is 16.1 Å². The lowest BCUT2D eigenvalue weighted by Gasteiger charge is -2.15. The minimum absolute atomic E-state index is 0.0475. The fourth-order valence-electron chi connectivity index (χ4n) is 1.80. The van der Waals surface area contributed by atoms with Crippen LogP contribution in [0.15, 0.2) is 47.9 Å². The zero-order chi connectivity index (χ0) is 14.6. The van der Waals surface area contributed by atoms with E-state index in [2.05, 4.69) is 9.71 Å². The Bertz CT molecular complexity index is 653. The van der Waals surface area contributed by atoms with E-state index in [1.54, 1.807) is 28.8 Å². The first-order valence-electron chi connectivity index (χ1n) is 6.26. The van der Waals surface area contributed by atoms with E-state index >= 15 is 0 Å². The number of benzene rings is 1. The summed E-state index contributed by atoms with van der Waals surface area (Å²) in [5.74, 6) is 0. The van der Waals surface area contributed by atoms with Crippen LogP contribution in [0.1, 0.15) is 18.5 Å². The summed E-state index contributed by atoms with van der Waals surface area (Å²) < 4.78 is 28.5. The van der Waals surface area contributed by atoms with Crippen LogP contribution in [-0.4, -0.2) is 29.7 Å². The quantitative estimate of drug-likeness (QED) is 0.830. The van der Waals surface area contributed by atoms with Crippen molar-refractivity contribution in [2.45, 2.75) is 24.5 Å². The van der Waals surface area contributed by atoms with Gasteiger partial charge in [0.1, 0.15) is 0 Å². The summed E-state index contributed by atoms with van der Waals surface area (Å²) in [6.45, 7) is 2.22. The lowest BCUT2D eigenvalue weighted by atomic mass is 10.1. The van der Waals surface area contributed by atoms with Gasteiger partial charge in [0.05, 0.1) is 19.0 Å². The van der Waals surface area contributed by atoms with Gasteiger partial charge in [0.25, 0.3) is 10.0 Å². The second-order valence-corrected chi connectivity index (χ2v) is 5.97. The molecule has 0 bridgehead atoms. The first kappa shape index (κ1) is 14.7. The van der Waals surface area contributed by atoms with Crippen molar-refractivity contribution in [2.75, 3.05) is 6.61 Å². The van der Waals surface area contributed by atoms with E-state index in [-0.39, 0.29) is 11.6 Å². The van der Waals surface area contributed by atoms with Gasteiger partial charge in [-0.3, -0.25) is 0 Å². The number of rotatable bonds is 6. The van der Waals surface area contributed by atoms with Crippen molar-refractivity contribution in [3.63, 3.8) is 0 Å². The third-order valence-electron chi connectivity index (χ3n) is 2.93. The summed E-state index contributed by atoms with van der Waals surface area (Å²) in [4.78, 5) is 3.87. The molecule has 2 aromatic rings. The molecule has 0 fully saturated rings. The molecule has 0 spiro atoms. The molecule has 6 nitrogen and oxygen atoms in total. The van der Waals surface area contributed by atoms with Gasteiger partial charge in [-0.25, -0.2) is 13.4 Å². The molecule has 108 valence electrons. The van der Waals surface area contributed by atoms with Crippen LogP contribution in [0.3, 0.4) is 0 Å².